The molecule has 0 aromatic carbocycles. The lowest BCUT2D eigenvalue weighted by molar-refractivity contribution is 0.0884. The van der Waals surface area contributed by atoms with Crippen LogP contribution in [-0.2, 0) is 9.47 Å². The summed E-state index contributed by atoms with van der Waals surface area (Å²) in [6.45, 7) is 10.8. The first kappa shape index (κ1) is 18.9. The summed E-state index contributed by atoms with van der Waals surface area (Å²) >= 11 is 0. The van der Waals surface area contributed by atoms with E-state index in [0.29, 0.717) is 5.41 Å². The maximum absolute atomic E-state index is 5.28. The topological polar surface area (TPSA) is 33.7 Å². The Morgan fingerprint density at radius 3 is 2.24 bits per heavy atom. The smallest absolute Gasteiger partial charge is 0.0589 e. The van der Waals surface area contributed by atoms with Gasteiger partial charge >= 0.3 is 0 Å². The molecule has 1 aliphatic rings. The van der Waals surface area contributed by atoms with Crippen LogP contribution in [-0.4, -0.2) is 64.6 Å². The Morgan fingerprint density at radius 2 is 1.71 bits per heavy atom. The molecular weight excluding hydrogens is 264 g/mol. The van der Waals surface area contributed by atoms with Gasteiger partial charge in [-0.15, -0.1) is 0 Å². The molecule has 0 bridgehead atoms. The molecule has 21 heavy (non-hydrogen) atoms. The van der Waals surface area contributed by atoms with Gasteiger partial charge in [0.2, 0.25) is 0 Å². The molecule has 126 valence electrons. The van der Waals surface area contributed by atoms with Crippen LogP contribution >= 0.6 is 0 Å². The highest BCUT2D eigenvalue weighted by molar-refractivity contribution is 4.88. The van der Waals surface area contributed by atoms with Crippen LogP contribution in [0.5, 0.6) is 0 Å². The number of nitrogens with zero attached hydrogens (tertiary/aromatic N) is 1. The van der Waals surface area contributed by atoms with Gasteiger partial charge in [-0.05, 0) is 37.5 Å². The van der Waals surface area contributed by atoms with Gasteiger partial charge in [-0.25, -0.2) is 0 Å². The number of hydrogen-bond acceptors (Lipinski definition) is 4. The van der Waals surface area contributed by atoms with E-state index in [1.54, 1.807) is 14.2 Å². The first-order valence-corrected chi connectivity index (χ1v) is 8.63. The first-order valence-electron chi connectivity index (χ1n) is 8.63. The summed E-state index contributed by atoms with van der Waals surface area (Å²) in [4.78, 5) is 2.56. The van der Waals surface area contributed by atoms with Crippen LogP contribution in [0.1, 0.15) is 46.0 Å². The van der Waals surface area contributed by atoms with Gasteiger partial charge in [0, 0.05) is 53.0 Å². The van der Waals surface area contributed by atoms with Crippen molar-refractivity contribution in [2.45, 2.75) is 52.0 Å². The van der Waals surface area contributed by atoms with Gasteiger partial charge in [-0.3, -0.25) is 0 Å². The van der Waals surface area contributed by atoms with Crippen molar-refractivity contribution in [3.8, 4) is 0 Å². The highest BCUT2D eigenvalue weighted by Gasteiger charge is 2.31. The molecule has 0 spiro atoms. The van der Waals surface area contributed by atoms with Gasteiger partial charge in [-0.1, -0.05) is 13.8 Å². The third-order valence-corrected chi connectivity index (χ3v) is 4.84. The highest BCUT2D eigenvalue weighted by atomic mass is 16.5. The van der Waals surface area contributed by atoms with Crippen LogP contribution in [0.4, 0.5) is 0 Å². The second kappa shape index (κ2) is 10.5. The summed E-state index contributed by atoms with van der Waals surface area (Å²) in [6, 6.07) is 0.795. The SMILES string of the molecule is CCC(CC)(CNC1CC1)CN(CCCOC)CCOC. The monoisotopic (exact) mass is 300 g/mol. The molecule has 1 N–H and O–H groups in total. The van der Waals surface area contributed by atoms with Crippen molar-refractivity contribution in [3.63, 3.8) is 0 Å². The minimum absolute atomic E-state index is 0.392. The molecular formula is C17H36N2O2. The molecule has 0 radical (unpaired) electrons. The third kappa shape index (κ3) is 7.59. The molecule has 0 aromatic heterocycles. The van der Waals surface area contributed by atoms with E-state index in [1.165, 1.54) is 25.7 Å². The zero-order valence-electron chi connectivity index (χ0n) is 14.6. The Morgan fingerprint density at radius 1 is 1.05 bits per heavy atom. The van der Waals surface area contributed by atoms with E-state index in [9.17, 15) is 0 Å². The fraction of sp³-hybridized carbons (Fsp3) is 1.00. The fourth-order valence-electron chi connectivity index (χ4n) is 2.82. The number of rotatable bonds is 14. The average molecular weight is 300 g/mol. The molecule has 0 aromatic rings. The molecule has 1 rings (SSSR count). The van der Waals surface area contributed by atoms with E-state index in [2.05, 4.69) is 24.1 Å². The first-order chi connectivity index (χ1) is 10.2. The molecule has 0 heterocycles. The minimum atomic E-state index is 0.392. The molecule has 4 nitrogen and oxygen atoms in total. The van der Waals surface area contributed by atoms with Crippen LogP contribution < -0.4 is 5.32 Å². The predicted octanol–water partition coefficient (Wildman–Crippen LogP) is 2.53. The van der Waals surface area contributed by atoms with E-state index in [0.717, 1.165) is 51.9 Å². The van der Waals surface area contributed by atoms with E-state index in [1.807, 2.05) is 0 Å². The minimum Gasteiger partial charge on any atom is -0.385 e. The van der Waals surface area contributed by atoms with Crippen LogP contribution in [0.15, 0.2) is 0 Å². The van der Waals surface area contributed by atoms with Gasteiger partial charge in [0.1, 0.15) is 0 Å². The summed E-state index contributed by atoms with van der Waals surface area (Å²) in [5, 5.41) is 3.75. The molecule has 1 aliphatic carbocycles. The van der Waals surface area contributed by atoms with Crippen molar-refractivity contribution in [2.75, 3.05) is 53.6 Å². The van der Waals surface area contributed by atoms with Crippen molar-refractivity contribution >= 4 is 0 Å². The quantitative estimate of drug-likeness (QED) is 0.500. The summed E-state index contributed by atoms with van der Waals surface area (Å²) in [7, 11) is 3.57. The molecule has 1 saturated carbocycles. The lowest BCUT2D eigenvalue weighted by Gasteiger charge is -2.37. The lowest BCUT2D eigenvalue weighted by Crippen LogP contribution is -2.45. The van der Waals surface area contributed by atoms with Crippen LogP contribution in [0.2, 0.25) is 0 Å². The second-order valence-corrected chi connectivity index (χ2v) is 6.48. The van der Waals surface area contributed by atoms with Crippen LogP contribution in [0.3, 0.4) is 0 Å². The Balaban J connectivity index is 2.50. The summed E-state index contributed by atoms with van der Waals surface area (Å²) < 4.78 is 10.5. The van der Waals surface area contributed by atoms with E-state index in [-0.39, 0.29) is 0 Å². The van der Waals surface area contributed by atoms with Crippen LogP contribution in [0.25, 0.3) is 0 Å². The molecule has 0 saturated heterocycles. The number of nitrogens with one attached hydrogen (secondary N) is 1. The van der Waals surface area contributed by atoms with Crippen molar-refractivity contribution in [3.05, 3.63) is 0 Å². The van der Waals surface area contributed by atoms with Crippen molar-refractivity contribution in [1.82, 2.24) is 10.2 Å². The molecule has 0 amide bonds. The largest absolute Gasteiger partial charge is 0.385 e. The standard InChI is InChI=1S/C17H36N2O2/c1-5-17(6-2,14-18-16-8-9-16)15-19(11-13-21-4)10-7-12-20-3/h16,18H,5-15H2,1-4H3. The van der Waals surface area contributed by atoms with Gasteiger partial charge in [0.05, 0.1) is 6.61 Å². The lowest BCUT2D eigenvalue weighted by atomic mass is 9.81. The van der Waals surface area contributed by atoms with E-state index in [4.69, 9.17) is 9.47 Å². The molecule has 4 heteroatoms. The van der Waals surface area contributed by atoms with Crippen LogP contribution in [0, 0.1) is 5.41 Å². The number of ether oxygens (including phenoxy) is 2. The van der Waals surface area contributed by atoms with Crippen molar-refractivity contribution in [2.24, 2.45) is 5.41 Å². The van der Waals surface area contributed by atoms with E-state index < -0.39 is 0 Å². The Hall–Kier alpha value is -0.160. The zero-order valence-corrected chi connectivity index (χ0v) is 14.6. The summed E-state index contributed by atoms with van der Waals surface area (Å²) in [6.07, 6.45) is 6.29. The second-order valence-electron chi connectivity index (χ2n) is 6.48. The highest BCUT2D eigenvalue weighted by Crippen LogP contribution is 2.29. The number of hydrogen-bond donors (Lipinski definition) is 1. The molecule has 0 unspecified atom stereocenters. The molecule has 0 atom stereocenters. The maximum Gasteiger partial charge on any atom is 0.0589 e. The van der Waals surface area contributed by atoms with Crippen molar-refractivity contribution < 1.29 is 9.47 Å². The summed E-state index contributed by atoms with van der Waals surface area (Å²) in [5.41, 5.74) is 0.392. The van der Waals surface area contributed by atoms with Gasteiger partial charge < -0.3 is 19.7 Å². The molecule has 1 fully saturated rings. The van der Waals surface area contributed by atoms with E-state index >= 15 is 0 Å². The normalized spacial score (nSPS) is 15.9. The Bertz CT molecular complexity index is 253. The average Bonchev–Trinajstić information content (AvgIpc) is 3.33. The predicted molar refractivity (Wildman–Crippen MR) is 88.8 cm³/mol. The third-order valence-electron chi connectivity index (χ3n) is 4.84. The van der Waals surface area contributed by atoms with Gasteiger partial charge in [0.25, 0.3) is 0 Å². The van der Waals surface area contributed by atoms with Gasteiger partial charge in [-0.2, -0.15) is 0 Å². The maximum atomic E-state index is 5.28. The molecule has 0 aliphatic heterocycles. The zero-order chi connectivity index (χ0) is 15.6. The summed E-state index contributed by atoms with van der Waals surface area (Å²) in [5.74, 6) is 0. The van der Waals surface area contributed by atoms with Gasteiger partial charge in [0.15, 0.2) is 0 Å². The Kier molecular flexibility index (Phi) is 9.49. The number of methoxy groups -OCH3 is 2. The fourth-order valence-corrected chi connectivity index (χ4v) is 2.82. The Labute approximate surface area is 131 Å². The van der Waals surface area contributed by atoms with Crippen molar-refractivity contribution in [1.29, 1.82) is 0 Å².